The Morgan fingerprint density at radius 2 is 1.82 bits per heavy atom. The van der Waals surface area contributed by atoms with Gasteiger partial charge in [0.1, 0.15) is 17.8 Å². The molecule has 0 aromatic heterocycles. The average molecular weight is 445 g/mol. The van der Waals surface area contributed by atoms with Crippen molar-refractivity contribution in [2.75, 3.05) is 5.32 Å². The third-order valence-corrected chi connectivity index (χ3v) is 7.55. The van der Waals surface area contributed by atoms with Gasteiger partial charge in [-0.05, 0) is 58.2 Å². The average Bonchev–Trinajstić information content (AvgIpc) is 3.27. The molecular weight excluding hydrogens is 412 g/mol. The first-order chi connectivity index (χ1) is 15.7. The number of nitrogens with one attached hydrogen (secondary N) is 1. The minimum Gasteiger partial charge on any atom is -0.872 e. The van der Waals surface area contributed by atoms with Crippen LogP contribution < -0.4 is 27.2 Å². The van der Waals surface area contributed by atoms with E-state index in [-0.39, 0.29) is 23.1 Å². The second-order valence-electron chi connectivity index (χ2n) is 9.90. The maximum atomic E-state index is 13.0. The SMILES string of the molecule is CC1c2cc(CN)ccc2[NH2+]C1C=C1C([O-])=C(C=C2Nc3ccc(CN)cc3C2(C)C)C1O. The van der Waals surface area contributed by atoms with Crippen LogP contribution in [-0.2, 0) is 18.5 Å². The van der Waals surface area contributed by atoms with Crippen LogP contribution in [0.2, 0.25) is 0 Å². The summed E-state index contributed by atoms with van der Waals surface area (Å²) in [7, 11) is 0. The number of hydrogen-bond donors (Lipinski definition) is 5. The van der Waals surface area contributed by atoms with Crippen molar-refractivity contribution in [3.05, 3.63) is 93.4 Å². The molecule has 8 N–H and O–H groups in total. The summed E-state index contributed by atoms with van der Waals surface area (Å²) in [6.45, 7) is 7.39. The Bertz CT molecular complexity index is 1220. The van der Waals surface area contributed by atoms with Crippen molar-refractivity contribution in [2.24, 2.45) is 11.5 Å². The van der Waals surface area contributed by atoms with Gasteiger partial charge >= 0.3 is 0 Å². The first-order valence-corrected chi connectivity index (χ1v) is 11.6. The summed E-state index contributed by atoms with van der Waals surface area (Å²) in [5.41, 5.74) is 19.9. The molecule has 2 aromatic carbocycles. The van der Waals surface area contributed by atoms with E-state index in [9.17, 15) is 10.2 Å². The van der Waals surface area contributed by atoms with Gasteiger partial charge in [0.05, 0.1) is 0 Å². The molecule has 0 saturated heterocycles. The highest BCUT2D eigenvalue weighted by molar-refractivity contribution is 5.70. The van der Waals surface area contributed by atoms with E-state index in [1.165, 1.54) is 11.3 Å². The minimum atomic E-state index is -0.866. The Morgan fingerprint density at radius 3 is 2.52 bits per heavy atom. The number of hydrogen-bond acceptors (Lipinski definition) is 5. The van der Waals surface area contributed by atoms with Crippen LogP contribution in [0.25, 0.3) is 0 Å². The molecule has 3 atom stereocenters. The maximum Gasteiger partial charge on any atom is 0.133 e. The molecule has 0 amide bonds. The molecule has 6 nitrogen and oxygen atoms in total. The van der Waals surface area contributed by atoms with E-state index in [4.69, 9.17) is 11.5 Å². The number of nitrogens with two attached hydrogens (primary N) is 3. The molecule has 6 heteroatoms. The Balaban J connectivity index is 1.41. The van der Waals surface area contributed by atoms with Crippen molar-refractivity contribution in [3.8, 4) is 0 Å². The van der Waals surface area contributed by atoms with Crippen LogP contribution >= 0.6 is 0 Å². The first kappa shape index (κ1) is 21.9. The maximum absolute atomic E-state index is 13.0. The Hall–Kier alpha value is -2.90. The van der Waals surface area contributed by atoms with E-state index in [0.717, 1.165) is 28.1 Å². The van der Waals surface area contributed by atoms with Gasteiger partial charge in [-0.2, -0.15) is 0 Å². The van der Waals surface area contributed by atoms with E-state index in [2.05, 4.69) is 49.6 Å². The summed E-state index contributed by atoms with van der Waals surface area (Å²) in [4.78, 5) is 0. The lowest BCUT2D eigenvalue weighted by atomic mass is 9.79. The zero-order valence-corrected chi connectivity index (χ0v) is 19.4. The lowest BCUT2D eigenvalue weighted by molar-refractivity contribution is -0.591. The predicted molar refractivity (Wildman–Crippen MR) is 128 cm³/mol. The fourth-order valence-electron chi connectivity index (χ4n) is 5.24. The molecule has 3 unspecified atom stereocenters. The second kappa shape index (κ2) is 7.85. The molecule has 5 rings (SSSR count). The van der Waals surface area contributed by atoms with Gasteiger partial charge < -0.3 is 32.3 Å². The number of benzene rings is 2. The van der Waals surface area contributed by atoms with E-state index >= 15 is 0 Å². The van der Waals surface area contributed by atoms with Crippen LogP contribution in [0.15, 0.2) is 71.2 Å². The summed E-state index contributed by atoms with van der Waals surface area (Å²) < 4.78 is 0. The molecule has 2 aliphatic heterocycles. The van der Waals surface area contributed by atoms with E-state index in [0.29, 0.717) is 24.2 Å². The number of quaternary nitrogens is 1. The molecule has 33 heavy (non-hydrogen) atoms. The quantitative estimate of drug-likeness (QED) is 0.457. The number of anilines is 1. The number of aliphatic hydroxyl groups is 1. The summed E-state index contributed by atoms with van der Waals surface area (Å²) in [6.07, 6.45) is 2.91. The zero-order chi connectivity index (χ0) is 23.5. The van der Waals surface area contributed by atoms with E-state index in [1.54, 1.807) is 0 Å². The monoisotopic (exact) mass is 444 g/mol. The summed E-state index contributed by atoms with van der Waals surface area (Å²) in [5, 5.41) is 29.5. The molecule has 2 heterocycles. The number of allylic oxidation sites excluding steroid dienone is 1. The van der Waals surface area contributed by atoms with Gasteiger partial charge in [-0.15, -0.1) is 0 Å². The number of aliphatic hydroxyl groups excluding tert-OH is 1. The molecule has 0 spiro atoms. The third-order valence-electron chi connectivity index (χ3n) is 7.55. The van der Waals surface area contributed by atoms with Gasteiger partial charge in [0.25, 0.3) is 0 Å². The summed E-state index contributed by atoms with van der Waals surface area (Å²) >= 11 is 0. The van der Waals surface area contributed by atoms with Crippen molar-refractivity contribution in [3.63, 3.8) is 0 Å². The van der Waals surface area contributed by atoms with Crippen LogP contribution in [-0.4, -0.2) is 17.3 Å². The fraction of sp³-hybridized carbons (Fsp3) is 0.333. The van der Waals surface area contributed by atoms with Crippen molar-refractivity contribution in [1.29, 1.82) is 0 Å². The Labute approximate surface area is 194 Å². The molecule has 172 valence electrons. The molecule has 3 aliphatic rings. The number of fused-ring (bicyclic) bond motifs is 2. The van der Waals surface area contributed by atoms with Crippen LogP contribution in [0, 0.1) is 0 Å². The smallest absolute Gasteiger partial charge is 0.133 e. The largest absolute Gasteiger partial charge is 0.872 e. The van der Waals surface area contributed by atoms with Crippen molar-refractivity contribution < 1.29 is 15.5 Å². The minimum absolute atomic E-state index is 0.0783. The summed E-state index contributed by atoms with van der Waals surface area (Å²) in [5.74, 6) is 0.161. The lowest BCUT2D eigenvalue weighted by Gasteiger charge is -2.37. The van der Waals surface area contributed by atoms with Crippen molar-refractivity contribution in [1.82, 2.24) is 0 Å². The molecule has 0 fully saturated rings. The van der Waals surface area contributed by atoms with Crippen LogP contribution in [0.3, 0.4) is 0 Å². The highest BCUT2D eigenvalue weighted by Crippen LogP contribution is 2.45. The standard InChI is InChI=1S/C27H32N4O2/c1-14-17-8-15(12-28)4-6-21(17)30-23(14)10-18-25(32)19(26(18)33)11-24-27(2,3)20-9-16(13-29)5-7-22(20)31-24/h4-11,14,23,25,30-33H,12-13,28-29H2,1-3H3. The molecule has 0 radical (unpaired) electrons. The topological polar surface area (TPSA) is 124 Å². The van der Waals surface area contributed by atoms with Crippen LogP contribution in [0.5, 0.6) is 0 Å². The zero-order valence-electron chi connectivity index (χ0n) is 19.4. The first-order valence-electron chi connectivity index (χ1n) is 11.6. The Morgan fingerprint density at radius 1 is 1.12 bits per heavy atom. The third kappa shape index (κ3) is 3.42. The predicted octanol–water partition coefficient (Wildman–Crippen LogP) is 1.49. The lowest BCUT2D eigenvalue weighted by Crippen LogP contribution is -2.82. The fourth-order valence-corrected chi connectivity index (χ4v) is 5.24. The highest BCUT2D eigenvalue weighted by atomic mass is 16.3. The van der Waals surface area contributed by atoms with Gasteiger partial charge in [0, 0.05) is 41.4 Å². The molecule has 1 aliphatic carbocycles. The van der Waals surface area contributed by atoms with Gasteiger partial charge in [-0.3, -0.25) is 0 Å². The highest BCUT2D eigenvalue weighted by Gasteiger charge is 2.38. The van der Waals surface area contributed by atoms with Crippen molar-refractivity contribution in [2.45, 2.75) is 57.3 Å². The van der Waals surface area contributed by atoms with Crippen molar-refractivity contribution >= 4 is 11.4 Å². The molecule has 0 bridgehead atoms. The Kier molecular flexibility index (Phi) is 5.21. The van der Waals surface area contributed by atoms with E-state index in [1.807, 2.05) is 30.4 Å². The van der Waals surface area contributed by atoms with Gasteiger partial charge in [-0.1, -0.05) is 44.7 Å². The summed E-state index contributed by atoms with van der Waals surface area (Å²) in [6, 6.07) is 12.5. The normalized spacial score (nSPS) is 27.5. The molecule has 2 aromatic rings. The van der Waals surface area contributed by atoms with Gasteiger partial charge in [-0.25, -0.2) is 0 Å². The van der Waals surface area contributed by atoms with E-state index < -0.39 is 6.10 Å². The van der Waals surface area contributed by atoms with Gasteiger partial charge in [0.15, 0.2) is 0 Å². The van der Waals surface area contributed by atoms with Gasteiger partial charge in [0.2, 0.25) is 0 Å². The molecular formula is C27H32N4O2. The second-order valence-corrected chi connectivity index (χ2v) is 9.90. The van der Waals surface area contributed by atoms with Crippen LogP contribution in [0.1, 0.15) is 48.9 Å². The number of rotatable bonds is 4. The molecule has 0 saturated carbocycles. The van der Waals surface area contributed by atoms with Crippen LogP contribution in [0.4, 0.5) is 11.4 Å².